The Morgan fingerprint density at radius 3 is 2.72 bits per heavy atom. The molecule has 2 aliphatic rings. The summed E-state index contributed by atoms with van der Waals surface area (Å²) in [5.74, 6) is 1.20. The van der Waals surface area contributed by atoms with E-state index >= 15 is 0 Å². The molecule has 1 fully saturated rings. The summed E-state index contributed by atoms with van der Waals surface area (Å²) in [4.78, 5) is 17.0. The Hall–Kier alpha value is -1.82. The average molecular weight is 406 g/mol. The third-order valence-electron chi connectivity index (χ3n) is 7.09. The molecule has 29 heavy (non-hydrogen) atoms. The normalized spacial score (nSPS) is 25.7. The highest BCUT2D eigenvalue weighted by molar-refractivity contribution is 5.86. The van der Waals surface area contributed by atoms with Crippen molar-refractivity contribution < 1.29 is 18.0 Å². The van der Waals surface area contributed by atoms with Gasteiger partial charge in [0, 0.05) is 28.6 Å². The van der Waals surface area contributed by atoms with Gasteiger partial charge >= 0.3 is 6.18 Å². The molecule has 6 heteroatoms. The zero-order chi connectivity index (χ0) is 21.0. The van der Waals surface area contributed by atoms with Gasteiger partial charge in [-0.25, -0.2) is 0 Å². The van der Waals surface area contributed by atoms with Crippen LogP contribution in [0.1, 0.15) is 56.4 Å². The number of rotatable bonds is 4. The molecular formula is C23H29F3N2O. The van der Waals surface area contributed by atoms with Crippen molar-refractivity contribution in [2.24, 2.45) is 17.3 Å². The topological polar surface area (TPSA) is 36.1 Å². The number of alkyl halides is 3. The van der Waals surface area contributed by atoms with E-state index in [1.807, 2.05) is 13.8 Å². The molecule has 2 heterocycles. The largest absolute Gasteiger partial charge is 0.416 e. The van der Waals surface area contributed by atoms with Crippen LogP contribution in [0, 0.1) is 17.3 Å². The van der Waals surface area contributed by atoms with E-state index in [-0.39, 0.29) is 11.3 Å². The van der Waals surface area contributed by atoms with Gasteiger partial charge in [-0.1, -0.05) is 20.8 Å². The quantitative estimate of drug-likeness (QED) is 0.690. The lowest BCUT2D eigenvalue weighted by molar-refractivity contribution is -0.137. The van der Waals surface area contributed by atoms with Gasteiger partial charge < -0.3 is 14.7 Å². The molecule has 0 bridgehead atoms. The van der Waals surface area contributed by atoms with E-state index in [1.165, 1.54) is 12.1 Å². The van der Waals surface area contributed by atoms with Gasteiger partial charge in [-0.3, -0.25) is 0 Å². The summed E-state index contributed by atoms with van der Waals surface area (Å²) >= 11 is 0. The molecule has 1 aliphatic heterocycles. The van der Waals surface area contributed by atoms with Crippen LogP contribution < -0.4 is 0 Å². The number of halogens is 3. The first-order valence-electron chi connectivity index (χ1n) is 10.5. The Labute approximate surface area is 169 Å². The Kier molecular flexibility index (Phi) is 5.04. The van der Waals surface area contributed by atoms with Gasteiger partial charge in [0.25, 0.3) is 0 Å². The van der Waals surface area contributed by atoms with Crippen molar-refractivity contribution in [3.05, 3.63) is 35.0 Å². The number of fused-ring (bicyclic) bond motifs is 4. The smallest absolute Gasteiger partial charge is 0.358 e. The van der Waals surface area contributed by atoms with E-state index in [0.29, 0.717) is 11.8 Å². The number of aldehydes is 1. The maximum Gasteiger partial charge on any atom is 0.416 e. The van der Waals surface area contributed by atoms with Crippen LogP contribution in [-0.2, 0) is 17.4 Å². The first-order valence-corrected chi connectivity index (χ1v) is 10.5. The minimum Gasteiger partial charge on any atom is -0.358 e. The van der Waals surface area contributed by atoms with Crippen LogP contribution >= 0.6 is 0 Å². The Bertz CT molecular complexity index is 915. The number of likely N-dealkylation sites (tertiary alicyclic amines) is 1. The number of nitrogens with zero attached hydrogens (tertiary/aromatic N) is 1. The Morgan fingerprint density at radius 2 is 2.03 bits per heavy atom. The minimum atomic E-state index is -4.33. The lowest BCUT2D eigenvalue weighted by Gasteiger charge is -2.45. The SMILES string of the molecule is C[C@H]1c2c([nH]c3ccc(C(F)(F)F)cc23)C[C@H]2CCN(CCC(C)(C)C=O)C[C@@H]21. The van der Waals surface area contributed by atoms with Crippen LogP contribution in [-0.4, -0.2) is 35.8 Å². The molecule has 1 aromatic carbocycles. The fraction of sp³-hybridized carbons (Fsp3) is 0.609. The van der Waals surface area contributed by atoms with E-state index in [1.54, 1.807) is 6.07 Å². The predicted molar refractivity (Wildman–Crippen MR) is 108 cm³/mol. The third kappa shape index (κ3) is 3.83. The van der Waals surface area contributed by atoms with Crippen molar-refractivity contribution in [2.45, 2.75) is 52.1 Å². The molecule has 1 N–H and O–H groups in total. The molecule has 1 aromatic heterocycles. The van der Waals surface area contributed by atoms with Crippen LogP contribution in [0.2, 0.25) is 0 Å². The molecule has 4 rings (SSSR count). The summed E-state index contributed by atoms with van der Waals surface area (Å²) in [6.07, 6.45) is -0.464. The number of nitrogens with one attached hydrogen (secondary N) is 1. The molecule has 1 aliphatic carbocycles. The molecule has 158 valence electrons. The number of hydrogen-bond donors (Lipinski definition) is 1. The van der Waals surface area contributed by atoms with Crippen LogP contribution in [0.5, 0.6) is 0 Å². The highest BCUT2D eigenvalue weighted by Crippen LogP contribution is 2.47. The molecule has 0 radical (unpaired) electrons. The van der Waals surface area contributed by atoms with Crippen molar-refractivity contribution in [1.29, 1.82) is 0 Å². The Morgan fingerprint density at radius 1 is 1.28 bits per heavy atom. The van der Waals surface area contributed by atoms with Crippen molar-refractivity contribution in [3.8, 4) is 0 Å². The second-order valence-corrected chi connectivity index (χ2v) is 9.64. The summed E-state index contributed by atoms with van der Waals surface area (Å²) in [6.45, 7) is 8.96. The molecule has 0 spiro atoms. The fourth-order valence-corrected chi connectivity index (χ4v) is 5.23. The molecule has 0 unspecified atom stereocenters. The number of carbonyl (C=O) groups is 1. The van der Waals surface area contributed by atoms with E-state index in [9.17, 15) is 18.0 Å². The van der Waals surface area contributed by atoms with Crippen LogP contribution in [0.3, 0.4) is 0 Å². The Balaban J connectivity index is 1.60. The van der Waals surface area contributed by atoms with Crippen molar-refractivity contribution in [3.63, 3.8) is 0 Å². The highest BCUT2D eigenvalue weighted by atomic mass is 19.4. The number of aromatic amines is 1. The zero-order valence-corrected chi connectivity index (χ0v) is 17.3. The first kappa shape index (κ1) is 20.5. The van der Waals surface area contributed by atoms with E-state index in [0.717, 1.165) is 67.3 Å². The summed E-state index contributed by atoms with van der Waals surface area (Å²) in [7, 11) is 0. The lowest BCUT2D eigenvalue weighted by atomic mass is 9.68. The van der Waals surface area contributed by atoms with Gasteiger partial charge in [-0.15, -0.1) is 0 Å². The van der Waals surface area contributed by atoms with E-state index < -0.39 is 11.7 Å². The summed E-state index contributed by atoms with van der Waals surface area (Å²) < 4.78 is 39.7. The second-order valence-electron chi connectivity index (χ2n) is 9.64. The van der Waals surface area contributed by atoms with Gasteiger partial charge in [0.05, 0.1) is 5.56 Å². The molecular weight excluding hydrogens is 377 g/mol. The molecule has 2 aromatic rings. The number of H-pyrrole nitrogens is 1. The number of carbonyl (C=O) groups excluding carboxylic acids is 1. The molecule has 0 saturated carbocycles. The number of hydrogen-bond acceptors (Lipinski definition) is 2. The van der Waals surface area contributed by atoms with Gasteiger partial charge in [0.2, 0.25) is 0 Å². The van der Waals surface area contributed by atoms with Gasteiger partial charge in [0.1, 0.15) is 6.29 Å². The monoisotopic (exact) mass is 406 g/mol. The minimum absolute atomic E-state index is 0.211. The highest BCUT2D eigenvalue weighted by Gasteiger charge is 2.40. The number of piperidine rings is 1. The van der Waals surface area contributed by atoms with Crippen LogP contribution in [0.15, 0.2) is 18.2 Å². The number of benzene rings is 1. The summed E-state index contributed by atoms with van der Waals surface area (Å²) in [5.41, 5.74) is 2.10. The van der Waals surface area contributed by atoms with Crippen molar-refractivity contribution in [2.75, 3.05) is 19.6 Å². The molecule has 3 atom stereocenters. The maximum absolute atomic E-state index is 13.2. The molecule has 3 nitrogen and oxygen atoms in total. The lowest BCUT2D eigenvalue weighted by Crippen LogP contribution is -2.45. The van der Waals surface area contributed by atoms with Gasteiger partial charge in [-0.05, 0) is 73.9 Å². The standard InChI is InChI=1S/C23H29F3N2O/c1-14-18-12-28(9-7-22(2,3)13-29)8-6-15(18)10-20-21(14)17-11-16(23(24,25)26)4-5-19(17)27-20/h4-5,11,13-15,18,27H,6-10,12H2,1-3H3/t14-,15-,18-/m1/s1. The van der Waals surface area contributed by atoms with Gasteiger partial charge in [0.15, 0.2) is 0 Å². The fourth-order valence-electron chi connectivity index (χ4n) is 5.23. The zero-order valence-electron chi connectivity index (χ0n) is 17.3. The second kappa shape index (κ2) is 7.15. The van der Waals surface area contributed by atoms with E-state index in [4.69, 9.17) is 0 Å². The van der Waals surface area contributed by atoms with Crippen LogP contribution in [0.25, 0.3) is 10.9 Å². The van der Waals surface area contributed by atoms with E-state index in [2.05, 4.69) is 16.8 Å². The first-order chi connectivity index (χ1) is 13.6. The summed E-state index contributed by atoms with van der Waals surface area (Å²) in [5, 5.41) is 0.722. The predicted octanol–water partition coefficient (Wildman–Crippen LogP) is 5.40. The van der Waals surface area contributed by atoms with Gasteiger partial charge in [-0.2, -0.15) is 13.2 Å². The maximum atomic E-state index is 13.2. The third-order valence-corrected chi connectivity index (χ3v) is 7.09. The number of aromatic nitrogens is 1. The molecule has 1 saturated heterocycles. The van der Waals surface area contributed by atoms with Crippen molar-refractivity contribution in [1.82, 2.24) is 9.88 Å². The molecule has 0 amide bonds. The average Bonchev–Trinajstić information content (AvgIpc) is 3.04. The van der Waals surface area contributed by atoms with Crippen LogP contribution in [0.4, 0.5) is 13.2 Å². The summed E-state index contributed by atoms with van der Waals surface area (Å²) in [6, 6.07) is 4.05. The van der Waals surface area contributed by atoms with Crippen molar-refractivity contribution >= 4 is 17.2 Å².